The quantitative estimate of drug-likeness (QED) is 0.657. The van der Waals surface area contributed by atoms with Crippen LogP contribution in [0, 0.1) is 6.92 Å². The van der Waals surface area contributed by atoms with Crippen molar-refractivity contribution < 1.29 is 10.2 Å². The van der Waals surface area contributed by atoms with E-state index in [4.69, 9.17) is 0 Å². The molecule has 1 aliphatic heterocycles. The maximum Gasteiger partial charge on any atom is 0.176 e. The molecule has 17 heavy (non-hydrogen) atoms. The van der Waals surface area contributed by atoms with Crippen molar-refractivity contribution >= 4 is 11.5 Å². The van der Waals surface area contributed by atoms with Crippen molar-refractivity contribution in [2.24, 2.45) is 0 Å². The van der Waals surface area contributed by atoms with Crippen molar-refractivity contribution in [3.05, 3.63) is 18.0 Å². The molecule has 2 N–H and O–H groups in total. The largest absolute Gasteiger partial charge is 0.389 e. The number of hydrogen-bond acceptors (Lipinski definition) is 6. The molecule has 0 saturated carbocycles. The summed E-state index contributed by atoms with van der Waals surface area (Å²) in [5, 5.41) is 27.4. The van der Waals surface area contributed by atoms with E-state index in [1.807, 2.05) is 17.0 Å². The van der Waals surface area contributed by atoms with Crippen LogP contribution in [0.25, 0.3) is 5.65 Å². The first-order chi connectivity index (χ1) is 8.13. The lowest BCUT2D eigenvalue weighted by Crippen LogP contribution is -2.23. The van der Waals surface area contributed by atoms with Gasteiger partial charge in [-0.2, -0.15) is 0 Å². The second-order valence-electron chi connectivity index (χ2n) is 4.24. The molecule has 90 valence electrons. The van der Waals surface area contributed by atoms with Gasteiger partial charge < -0.3 is 15.1 Å². The summed E-state index contributed by atoms with van der Waals surface area (Å²) in [5.41, 5.74) is 0.687. The summed E-state index contributed by atoms with van der Waals surface area (Å²) in [6, 6.07) is 3.63. The fourth-order valence-corrected chi connectivity index (χ4v) is 2.00. The third kappa shape index (κ3) is 1.73. The van der Waals surface area contributed by atoms with Gasteiger partial charge in [-0.25, -0.2) is 4.98 Å². The van der Waals surface area contributed by atoms with Crippen molar-refractivity contribution in [1.82, 2.24) is 19.8 Å². The van der Waals surface area contributed by atoms with Gasteiger partial charge >= 0.3 is 0 Å². The van der Waals surface area contributed by atoms with Crippen LogP contribution in [0.4, 0.5) is 5.82 Å². The lowest BCUT2D eigenvalue weighted by atomic mass is 10.3. The number of rotatable bonds is 1. The van der Waals surface area contributed by atoms with E-state index in [9.17, 15) is 10.2 Å². The molecule has 0 bridgehead atoms. The zero-order valence-corrected chi connectivity index (χ0v) is 9.35. The van der Waals surface area contributed by atoms with Crippen LogP contribution in [-0.4, -0.2) is 55.3 Å². The Morgan fingerprint density at radius 1 is 1.18 bits per heavy atom. The number of anilines is 1. The zero-order valence-electron chi connectivity index (χ0n) is 9.35. The number of nitrogens with zero attached hydrogens (tertiary/aromatic N) is 5. The Labute approximate surface area is 97.3 Å². The van der Waals surface area contributed by atoms with E-state index in [2.05, 4.69) is 15.2 Å². The van der Waals surface area contributed by atoms with Gasteiger partial charge in [0, 0.05) is 13.1 Å². The van der Waals surface area contributed by atoms with Crippen LogP contribution in [0.15, 0.2) is 12.1 Å². The summed E-state index contributed by atoms with van der Waals surface area (Å²) < 4.78 is 1.46. The van der Waals surface area contributed by atoms with Crippen LogP contribution in [-0.2, 0) is 0 Å². The van der Waals surface area contributed by atoms with Crippen molar-refractivity contribution in [1.29, 1.82) is 0 Å². The molecule has 7 nitrogen and oxygen atoms in total. The first kappa shape index (κ1) is 10.4. The zero-order chi connectivity index (χ0) is 12.0. The number of aryl methyl sites for hydroxylation is 1. The highest BCUT2D eigenvalue weighted by Crippen LogP contribution is 2.18. The number of β-amino-alcohol motifs (C(OH)–C–C–N with tert-alkyl or cyclic N) is 2. The fourth-order valence-electron chi connectivity index (χ4n) is 2.00. The summed E-state index contributed by atoms with van der Waals surface area (Å²) in [6.07, 6.45) is -1.44. The average Bonchev–Trinajstić information content (AvgIpc) is 2.80. The van der Waals surface area contributed by atoms with E-state index in [0.29, 0.717) is 30.4 Å². The van der Waals surface area contributed by atoms with Gasteiger partial charge in [0.05, 0.1) is 12.2 Å². The molecule has 2 aromatic heterocycles. The van der Waals surface area contributed by atoms with Crippen molar-refractivity contribution in [2.75, 3.05) is 18.0 Å². The maximum atomic E-state index is 9.49. The predicted molar refractivity (Wildman–Crippen MR) is 59.7 cm³/mol. The van der Waals surface area contributed by atoms with Crippen LogP contribution >= 0.6 is 0 Å². The topological polar surface area (TPSA) is 86.8 Å². The summed E-state index contributed by atoms with van der Waals surface area (Å²) in [4.78, 5) is 6.01. The third-order valence-corrected chi connectivity index (χ3v) is 2.88. The second-order valence-corrected chi connectivity index (χ2v) is 4.24. The first-order valence-electron chi connectivity index (χ1n) is 5.45. The number of aromatic nitrogens is 4. The van der Waals surface area contributed by atoms with Crippen LogP contribution in [0.1, 0.15) is 5.82 Å². The van der Waals surface area contributed by atoms with Gasteiger partial charge in [0.1, 0.15) is 5.82 Å². The molecule has 1 fully saturated rings. The fraction of sp³-hybridized carbons (Fsp3) is 0.500. The Bertz CT molecular complexity index is 545. The summed E-state index contributed by atoms with van der Waals surface area (Å²) in [5.74, 6) is 1.34. The molecule has 2 atom stereocenters. The predicted octanol–water partition coefficient (Wildman–Crippen LogP) is -1.03. The van der Waals surface area contributed by atoms with Gasteiger partial charge in [-0.15, -0.1) is 14.8 Å². The Morgan fingerprint density at radius 2 is 1.88 bits per heavy atom. The summed E-state index contributed by atoms with van der Waals surface area (Å²) in [6.45, 7) is 2.57. The van der Waals surface area contributed by atoms with E-state index < -0.39 is 12.2 Å². The van der Waals surface area contributed by atoms with Gasteiger partial charge in [0.15, 0.2) is 11.5 Å². The van der Waals surface area contributed by atoms with Crippen LogP contribution in [0.2, 0.25) is 0 Å². The molecule has 0 aliphatic carbocycles. The monoisotopic (exact) mass is 235 g/mol. The molecule has 1 saturated heterocycles. The van der Waals surface area contributed by atoms with E-state index in [-0.39, 0.29) is 0 Å². The lowest BCUT2D eigenvalue weighted by Gasteiger charge is -2.15. The van der Waals surface area contributed by atoms with Gasteiger partial charge in [0.25, 0.3) is 0 Å². The average molecular weight is 235 g/mol. The molecule has 0 aromatic carbocycles. The lowest BCUT2D eigenvalue weighted by molar-refractivity contribution is 0.0572. The minimum atomic E-state index is -0.718. The maximum absolute atomic E-state index is 9.49. The van der Waals surface area contributed by atoms with Gasteiger partial charge in [-0.1, -0.05) is 0 Å². The highest BCUT2D eigenvalue weighted by Gasteiger charge is 2.30. The molecule has 0 amide bonds. The van der Waals surface area contributed by atoms with Gasteiger partial charge in [-0.3, -0.25) is 0 Å². The standard InChI is InChI=1S/C10H13N5O2/c1-6-11-9-2-3-10(13-15(9)12-6)14-4-7(16)8(17)5-14/h2-3,7-8,16-17H,4-5H2,1H3. The molecular weight excluding hydrogens is 222 g/mol. The van der Waals surface area contributed by atoms with Crippen molar-refractivity contribution in [3.8, 4) is 0 Å². The SMILES string of the molecule is Cc1nc2ccc(N3CC(O)C(O)C3)nn2n1. The Balaban J connectivity index is 1.95. The van der Waals surface area contributed by atoms with Gasteiger partial charge in [0.2, 0.25) is 0 Å². The van der Waals surface area contributed by atoms with E-state index >= 15 is 0 Å². The number of fused-ring (bicyclic) bond motifs is 1. The molecule has 3 heterocycles. The molecule has 2 unspecified atom stereocenters. The number of aliphatic hydroxyl groups is 2. The molecule has 7 heteroatoms. The number of aliphatic hydroxyl groups excluding tert-OH is 2. The van der Waals surface area contributed by atoms with Crippen LogP contribution in [0.3, 0.4) is 0 Å². The second kappa shape index (κ2) is 3.64. The minimum absolute atomic E-state index is 0.382. The van der Waals surface area contributed by atoms with E-state index in [1.54, 1.807) is 6.92 Å². The Morgan fingerprint density at radius 3 is 2.59 bits per heavy atom. The van der Waals surface area contributed by atoms with Crippen molar-refractivity contribution in [3.63, 3.8) is 0 Å². The Kier molecular flexibility index (Phi) is 2.23. The van der Waals surface area contributed by atoms with Crippen LogP contribution < -0.4 is 4.90 Å². The molecule has 0 radical (unpaired) electrons. The molecule has 1 aliphatic rings. The smallest absolute Gasteiger partial charge is 0.176 e. The number of hydrogen-bond donors (Lipinski definition) is 2. The molecule has 0 spiro atoms. The molecular formula is C10H13N5O2. The van der Waals surface area contributed by atoms with Crippen LogP contribution in [0.5, 0.6) is 0 Å². The highest BCUT2D eigenvalue weighted by atomic mass is 16.3. The first-order valence-corrected chi connectivity index (χ1v) is 5.45. The molecule has 2 aromatic rings. The molecule has 3 rings (SSSR count). The third-order valence-electron chi connectivity index (χ3n) is 2.88. The summed E-state index contributed by atoms with van der Waals surface area (Å²) in [7, 11) is 0. The Hall–Kier alpha value is -1.73. The normalized spacial score (nSPS) is 24.8. The highest BCUT2D eigenvalue weighted by molar-refractivity contribution is 5.46. The van der Waals surface area contributed by atoms with Crippen molar-refractivity contribution in [2.45, 2.75) is 19.1 Å². The van der Waals surface area contributed by atoms with E-state index in [0.717, 1.165) is 0 Å². The minimum Gasteiger partial charge on any atom is -0.389 e. The summed E-state index contributed by atoms with van der Waals surface area (Å²) >= 11 is 0. The van der Waals surface area contributed by atoms with E-state index in [1.165, 1.54) is 4.63 Å². The van der Waals surface area contributed by atoms with Gasteiger partial charge in [-0.05, 0) is 19.1 Å².